The molecule has 1 heterocycles. The van der Waals surface area contributed by atoms with E-state index in [2.05, 4.69) is 5.32 Å². The van der Waals surface area contributed by atoms with Crippen molar-refractivity contribution in [2.24, 2.45) is 0 Å². The van der Waals surface area contributed by atoms with Crippen LogP contribution in [0.3, 0.4) is 0 Å². The Morgan fingerprint density at radius 1 is 1.29 bits per heavy atom. The average molecular weight is 231 g/mol. The van der Waals surface area contributed by atoms with E-state index >= 15 is 0 Å². The second kappa shape index (κ2) is 4.34. The third-order valence-corrected chi connectivity index (χ3v) is 3.01. The molecule has 0 radical (unpaired) electrons. The Labute approximate surface area is 99.5 Å². The molecule has 0 amide bonds. The van der Waals surface area contributed by atoms with Gasteiger partial charge in [-0.1, -0.05) is 0 Å². The first-order valence-corrected chi connectivity index (χ1v) is 5.88. The Morgan fingerprint density at radius 3 is 2.88 bits per heavy atom. The van der Waals surface area contributed by atoms with Gasteiger partial charge in [0.15, 0.2) is 0 Å². The molecule has 88 valence electrons. The Bertz CT molecular complexity index is 503. The van der Waals surface area contributed by atoms with Crippen molar-refractivity contribution < 1.29 is 8.81 Å². The van der Waals surface area contributed by atoms with Crippen molar-refractivity contribution in [2.75, 3.05) is 0 Å². The molecular formula is C14H14FNO. The Hall–Kier alpha value is -1.61. The van der Waals surface area contributed by atoms with Gasteiger partial charge in [0.2, 0.25) is 0 Å². The van der Waals surface area contributed by atoms with Crippen LogP contribution in [0.1, 0.15) is 18.4 Å². The summed E-state index contributed by atoms with van der Waals surface area (Å²) in [5.74, 6) is 0.617. The minimum atomic E-state index is -0.159. The van der Waals surface area contributed by atoms with Crippen LogP contribution >= 0.6 is 0 Å². The van der Waals surface area contributed by atoms with Crippen molar-refractivity contribution in [3.63, 3.8) is 0 Å². The SMILES string of the molecule is Fc1ccc(-c2ccco2)cc1CNC1CC1. The molecule has 3 rings (SSSR count). The summed E-state index contributed by atoms with van der Waals surface area (Å²) >= 11 is 0. The molecule has 1 aromatic carbocycles. The lowest BCUT2D eigenvalue weighted by molar-refractivity contribution is 0.577. The van der Waals surface area contributed by atoms with Crippen LogP contribution in [0.25, 0.3) is 11.3 Å². The van der Waals surface area contributed by atoms with E-state index in [-0.39, 0.29) is 5.82 Å². The van der Waals surface area contributed by atoms with Crippen LogP contribution in [0.2, 0.25) is 0 Å². The topological polar surface area (TPSA) is 25.2 Å². The van der Waals surface area contributed by atoms with Crippen molar-refractivity contribution in [2.45, 2.75) is 25.4 Å². The van der Waals surface area contributed by atoms with Crippen LogP contribution in [0, 0.1) is 5.82 Å². The lowest BCUT2D eigenvalue weighted by Crippen LogP contribution is -2.16. The maximum absolute atomic E-state index is 13.6. The lowest BCUT2D eigenvalue weighted by Gasteiger charge is -2.06. The van der Waals surface area contributed by atoms with Gasteiger partial charge in [-0.05, 0) is 43.2 Å². The van der Waals surface area contributed by atoms with Crippen molar-refractivity contribution >= 4 is 0 Å². The summed E-state index contributed by atoms with van der Waals surface area (Å²) in [4.78, 5) is 0. The largest absolute Gasteiger partial charge is 0.464 e. The van der Waals surface area contributed by atoms with Gasteiger partial charge in [0.25, 0.3) is 0 Å². The van der Waals surface area contributed by atoms with Gasteiger partial charge in [-0.15, -0.1) is 0 Å². The van der Waals surface area contributed by atoms with E-state index in [0.717, 1.165) is 11.3 Å². The number of furan rings is 1. The molecule has 1 aromatic heterocycles. The summed E-state index contributed by atoms with van der Waals surface area (Å²) in [7, 11) is 0. The summed E-state index contributed by atoms with van der Waals surface area (Å²) < 4.78 is 18.9. The molecular weight excluding hydrogens is 217 g/mol. The number of halogens is 1. The first-order valence-electron chi connectivity index (χ1n) is 5.88. The predicted octanol–water partition coefficient (Wildman–Crippen LogP) is 3.34. The van der Waals surface area contributed by atoms with Gasteiger partial charge in [0.1, 0.15) is 11.6 Å². The third kappa shape index (κ3) is 2.39. The molecule has 0 saturated heterocycles. The third-order valence-electron chi connectivity index (χ3n) is 3.01. The minimum absolute atomic E-state index is 0.159. The molecule has 3 heteroatoms. The predicted molar refractivity (Wildman–Crippen MR) is 64.0 cm³/mol. The summed E-state index contributed by atoms with van der Waals surface area (Å²) in [6.07, 6.45) is 4.04. The van der Waals surface area contributed by atoms with E-state index in [1.54, 1.807) is 12.3 Å². The van der Waals surface area contributed by atoms with Crippen LogP contribution in [0.4, 0.5) is 4.39 Å². The first-order chi connectivity index (χ1) is 8.33. The maximum atomic E-state index is 13.6. The highest BCUT2D eigenvalue weighted by molar-refractivity contribution is 5.58. The van der Waals surface area contributed by atoms with Gasteiger partial charge in [-0.25, -0.2) is 4.39 Å². The highest BCUT2D eigenvalue weighted by Crippen LogP contribution is 2.24. The molecule has 0 atom stereocenters. The zero-order chi connectivity index (χ0) is 11.7. The lowest BCUT2D eigenvalue weighted by atomic mass is 10.1. The number of rotatable bonds is 4. The van der Waals surface area contributed by atoms with Crippen molar-refractivity contribution in [1.82, 2.24) is 5.32 Å². The van der Waals surface area contributed by atoms with Crippen molar-refractivity contribution in [3.05, 3.63) is 48.0 Å². The molecule has 0 aliphatic heterocycles. The number of hydrogen-bond acceptors (Lipinski definition) is 2. The van der Waals surface area contributed by atoms with Crippen LogP contribution in [-0.2, 0) is 6.54 Å². The fourth-order valence-electron chi connectivity index (χ4n) is 1.85. The van der Waals surface area contributed by atoms with E-state index in [9.17, 15) is 4.39 Å². The average Bonchev–Trinajstić information content (AvgIpc) is 3.00. The second-order valence-corrected chi connectivity index (χ2v) is 4.44. The molecule has 2 nitrogen and oxygen atoms in total. The fraction of sp³-hybridized carbons (Fsp3) is 0.286. The maximum Gasteiger partial charge on any atom is 0.133 e. The fourth-order valence-corrected chi connectivity index (χ4v) is 1.85. The summed E-state index contributed by atoms with van der Waals surface area (Å²) in [6.45, 7) is 0.588. The molecule has 0 unspecified atom stereocenters. The number of nitrogens with one attached hydrogen (secondary N) is 1. The van der Waals surface area contributed by atoms with E-state index in [0.29, 0.717) is 18.2 Å². The second-order valence-electron chi connectivity index (χ2n) is 4.44. The highest BCUT2D eigenvalue weighted by atomic mass is 19.1. The van der Waals surface area contributed by atoms with E-state index in [1.165, 1.54) is 18.9 Å². The number of hydrogen-bond donors (Lipinski definition) is 1. The van der Waals surface area contributed by atoms with Gasteiger partial charge in [-0.2, -0.15) is 0 Å². The first kappa shape index (κ1) is 10.5. The summed E-state index contributed by atoms with van der Waals surface area (Å²) in [6, 6.07) is 9.40. The van der Waals surface area contributed by atoms with Crippen LogP contribution < -0.4 is 5.32 Å². The highest BCUT2D eigenvalue weighted by Gasteiger charge is 2.20. The Balaban J connectivity index is 1.83. The normalized spacial score (nSPS) is 15.1. The van der Waals surface area contributed by atoms with Crippen LogP contribution in [0.5, 0.6) is 0 Å². The molecule has 1 saturated carbocycles. The molecule has 1 aliphatic carbocycles. The zero-order valence-electron chi connectivity index (χ0n) is 9.45. The molecule has 2 aromatic rings. The summed E-state index contributed by atoms with van der Waals surface area (Å²) in [5, 5.41) is 3.32. The molecule has 1 aliphatic rings. The summed E-state index contributed by atoms with van der Waals surface area (Å²) in [5.41, 5.74) is 1.62. The van der Waals surface area contributed by atoms with Crippen LogP contribution in [-0.4, -0.2) is 6.04 Å². The quantitative estimate of drug-likeness (QED) is 0.873. The molecule has 0 spiro atoms. The van der Waals surface area contributed by atoms with E-state index < -0.39 is 0 Å². The monoisotopic (exact) mass is 231 g/mol. The molecule has 0 bridgehead atoms. The zero-order valence-corrected chi connectivity index (χ0v) is 9.45. The van der Waals surface area contributed by atoms with Gasteiger partial charge in [0, 0.05) is 23.7 Å². The molecule has 1 N–H and O–H groups in total. The standard InChI is InChI=1S/C14H14FNO/c15-13-6-3-10(14-2-1-7-17-14)8-11(13)9-16-12-4-5-12/h1-3,6-8,12,16H,4-5,9H2. The molecule has 17 heavy (non-hydrogen) atoms. The van der Waals surface area contributed by atoms with E-state index in [4.69, 9.17) is 4.42 Å². The Kier molecular flexibility index (Phi) is 2.69. The van der Waals surface area contributed by atoms with Crippen molar-refractivity contribution in [3.8, 4) is 11.3 Å². The Morgan fingerprint density at radius 2 is 2.18 bits per heavy atom. The smallest absolute Gasteiger partial charge is 0.133 e. The molecule has 1 fully saturated rings. The van der Waals surface area contributed by atoms with Gasteiger partial charge in [-0.3, -0.25) is 0 Å². The van der Waals surface area contributed by atoms with Crippen LogP contribution in [0.15, 0.2) is 41.0 Å². The number of benzene rings is 1. The van der Waals surface area contributed by atoms with Gasteiger partial charge >= 0.3 is 0 Å². The minimum Gasteiger partial charge on any atom is -0.464 e. The van der Waals surface area contributed by atoms with Gasteiger partial charge in [0.05, 0.1) is 6.26 Å². The van der Waals surface area contributed by atoms with E-state index in [1.807, 2.05) is 18.2 Å². The van der Waals surface area contributed by atoms with Gasteiger partial charge < -0.3 is 9.73 Å². The van der Waals surface area contributed by atoms with Crippen molar-refractivity contribution in [1.29, 1.82) is 0 Å².